The van der Waals surface area contributed by atoms with Gasteiger partial charge in [0.05, 0.1) is 24.1 Å². The molecule has 1 rings (SSSR count). The lowest BCUT2D eigenvalue weighted by Crippen LogP contribution is -2.13. The molecule has 1 radical (unpaired) electrons. The molecule has 0 aromatic heterocycles. The second kappa shape index (κ2) is 8.80. The third-order valence-corrected chi connectivity index (χ3v) is 3.18. The molecule has 0 saturated heterocycles. The summed E-state index contributed by atoms with van der Waals surface area (Å²) in [4.78, 5) is 0. The van der Waals surface area contributed by atoms with Crippen molar-refractivity contribution in [1.82, 2.24) is 0 Å². The third kappa shape index (κ3) is 3.83. The number of rotatable bonds is 7. The van der Waals surface area contributed by atoms with Crippen molar-refractivity contribution in [1.29, 1.82) is 15.8 Å². The quantitative estimate of drug-likeness (QED) is 0.769. The van der Waals surface area contributed by atoms with Crippen LogP contribution in [0.25, 0.3) is 0 Å². The number of hydrogen-bond acceptors (Lipinski definition) is 5. The van der Waals surface area contributed by atoms with E-state index in [1.807, 2.05) is 0 Å². The summed E-state index contributed by atoms with van der Waals surface area (Å²) in [5.74, 6) is -0.505. The zero-order valence-electron chi connectivity index (χ0n) is 13.0. The molecule has 0 aliphatic carbocycles. The first-order chi connectivity index (χ1) is 10.6. The van der Waals surface area contributed by atoms with Gasteiger partial charge in [-0.3, -0.25) is 0 Å². The second-order valence-electron chi connectivity index (χ2n) is 4.54. The highest BCUT2D eigenvalue weighted by molar-refractivity contribution is 5.45. The minimum absolute atomic E-state index is 0.365. The fraction of sp³-hybridized carbons (Fsp3) is 0.471. The summed E-state index contributed by atoms with van der Waals surface area (Å²) in [6.07, 6.45) is -1.61. The monoisotopic (exact) mass is 296 g/mol. The maximum absolute atomic E-state index is 9.32. The molecule has 0 bridgehead atoms. The number of benzene rings is 1. The van der Waals surface area contributed by atoms with E-state index in [1.54, 1.807) is 32.9 Å². The van der Waals surface area contributed by atoms with Gasteiger partial charge in [0.2, 0.25) is 0 Å². The Balaban J connectivity index is 3.50. The van der Waals surface area contributed by atoms with Gasteiger partial charge in [-0.15, -0.1) is 0 Å². The molecule has 0 N–H and O–H groups in total. The molecule has 5 heteroatoms. The Hall–Kier alpha value is -2.39. The number of nitrogens with zero attached hydrogens (tertiary/aromatic N) is 3. The lowest BCUT2D eigenvalue weighted by Gasteiger charge is -2.21. The molecule has 3 unspecified atom stereocenters. The standard InChI is InChI=1S/C17H18N3O2/c1-4-21-15(10-19)13-7-6-8-14(16(11-20)22-5-2)17(13)12(3)9-18/h6-7,12,15-16H,4-5H2,1-3H3. The summed E-state index contributed by atoms with van der Waals surface area (Å²) in [5, 5.41) is 27.9. The number of hydrogen-bond donors (Lipinski definition) is 0. The average Bonchev–Trinajstić information content (AvgIpc) is 2.56. The van der Waals surface area contributed by atoms with Gasteiger partial charge >= 0.3 is 0 Å². The first kappa shape index (κ1) is 17.7. The summed E-state index contributed by atoms with van der Waals surface area (Å²) in [6.45, 7) is 6.05. The smallest absolute Gasteiger partial charge is 0.169 e. The molecule has 113 valence electrons. The minimum atomic E-state index is -0.822. The summed E-state index contributed by atoms with van der Waals surface area (Å²) in [6, 6.07) is 12.6. The van der Waals surface area contributed by atoms with E-state index in [1.165, 1.54) is 0 Å². The van der Waals surface area contributed by atoms with Gasteiger partial charge in [-0.2, -0.15) is 15.8 Å². The highest BCUT2D eigenvalue weighted by Crippen LogP contribution is 2.33. The van der Waals surface area contributed by atoms with Crippen molar-refractivity contribution in [3.63, 3.8) is 0 Å². The molecule has 0 aliphatic rings. The molecule has 0 saturated carbocycles. The molecule has 0 fully saturated rings. The Labute approximate surface area is 131 Å². The van der Waals surface area contributed by atoms with Crippen molar-refractivity contribution < 1.29 is 9.47 Å². The summed E-state index contributed by atoms with van der Waals surface area (Å²) < 4.78 is 10.8. The molecule has 0 spiro atoms. The van der Waals surface area contributed by atoms with Crippen molar-refractivity contribution >= 4 is 0 Å². The molecule has 1 aromatic carbocycles. The van der Waals surface area contributed by atoms with E-state index in [-0.39, 0.29) is 0 Å². The largest absolute Gasteiger partial charge is 0.359 e. The lowest BCUT2D eigenvalue weighted by molar-refractivity contribution is 0.0961. The van der Waals surface area contributed by atoms with Gasteiger partial charge in [-0.05, 0) is 38.0 Å². The maximum Gasteiger partial charge on any atom is 0.169 e. The first-order valence-corrected chi connectivity index (χ1v) is 7.10. The van der Waals surface area contributed by atoms with E-state index in [0.29, 0.717) is 29.9 Å². The molecule has 0 aliphatic heterocycles. The van der Waals surface area contributed by atoms with E-state index in [2.05, 4.69) is 24.3 Å². The molecular weight excluding hydrogens is 278 g/mol. The minimum Gasteiger partial charge on any atom is -0.359 e. The lowest BCUT2D eigenvalue weighted by atomic mass is 9.87. The van der Waals surface area contributed by atoms with Crippen LogP contribution in [0.2, 0.25) is 0 Å². The third-order valence-electron chi connectivity index (χ3n) is 3.18. The van der Waals surface area contributed by atoms with Crippen LogP contribution in [0.4, 0.5) is 0 Å². The van der Waals surface area contributed by atoms with Crippen LogP contribution in [-0.4, -0.2) is 13.2 Å². The van der Waals surface area contributed by atoms with Crippen LogP contribution in [0.1, 0.15) is 55.6 Å². The molecular formula is C17H18N3O2. The predicted molar refractivity (Wildman–Crippen MR) is 79.3 cm³/mol. The van der Waals surface area contributed by atoms with Gasteiger partial charge < -0.3 is 9.47 Å². The van der Waals surface area contributed by atoms with Gasteiger partial charge in [0.1, 0.15) is 0 Å². The molecule has 5 nitrogen and oxygen atoms in total. The molecule has 3 atom stereocenters. The van der Waals surface area contributed by atoms with Crippen LogP contribution in [0.3, 0.4) is 0 Å². The Morgan fingerprint density at radius 2 is 1.64 bits per heavy atom. The SMILES string of the molecule is CCOC(C#N)c1[c]ccc(C(C#N)OCC)c1C(C)C#N. The second-order valence-corrected chi connectivity index (χ2v) is 4.54. The van der Waals surface area contributed by atoms with E-state index in [9.17, 15) is 15.8 Å². The molecule has 0 heterocycles. The van der Waals surface area contributed by atoms with Crippen LogP contribution >= 0.6 is 0 Å². The van der Waals surface area contributed by atoms with Crippen molar-refractivity contribution in [3.05, 3.63) is 34.9 Å². The van der Waals surface area contributed by atoms with Gasteiger partial charge in [0.25, 0.3) is 0 Å². The van der Waals surface area contributed by atoms with Gasteiger partial charge in [-0.25, -0.2) is 0 Å². The van der Waals surface area contributed by atoms with Crippen molar-refractivity contribution in [2.24, 2.45) is 0 Å². The Kier molecular flexibility index (Phi) is 7.06. The van der Waals surface area contributed by atoms with Crippen molar-refractivity contribution in [3.8, 4) is 18.2 Å². The maximum atomic E-state index is 9.32. The first-order valence-electron chi connectivity index (χ1n) is 7.10. The average molecular weight is 296 g/mol. The van der Waals surface area contributed by atoms with Crippen LogP contribution < -0.4 is 0 Å². The van der Waals surface area contributed by atoms with Crippen molar-refractivity contribution in [2.45, 2.75) is 38.9 Å². The van der Waals surface area contributed by atoms with E-state index in [4.69, 9.17) is 9.47 Å². The number of ether oxygens (including phenoxy) is 2. The molecule has 0 amide bonds. The normalized spacial score (nSPS) is 14.2. The molecule has 1 aromatic rings. The topological polar surface area (TPSA) is 89.8 Å². The van der Waals surface area contributed by atoms with Gasteiger partial charge in [0, 0.05) is 18.8 Å². The summed E-state index contributed by atoms with van der Waals surface area (Å²) >= 11 is 0. The van der Waals surface area contributed by atoms with E-state index < -0.39 is 18.1 Å². The highest BCUT2D eigenvalue weighted by atomic mass is 16.5. The highest BCUT2D eigenvalue weighted by Gasteiger charge is 2.25. The summed E-state index contributed by atoms with van der Waals surface area (Å²) in [7, 11) is 0. The molecule has 22 heavy (non-hydrogen) atoms. The van der Waals surface area contributed by atoms with Crippen LogP contribution in [0.5, 0.6) is 0 Å². The van der Waals surface area contributed by atoms with Crippen molar-refractivity contribution in [2.75, 3.05) is 13.2 Å². The zero-order valence-corrected chi connectivity index (χ0v) is 13.0. The summed E-state index contributed by atoms with van der Waals surface area (Å²) in [5.41, 5.74) is 1.67. The van der Waals surface area contributed by atoms with Crippen LogP contribution in [0.15, 0.2) is 12.1 Å². The zero-order chi connectivity index (χ0) is 16.5. The number of nitriles is 3. The van der Waals surface area contributed by atoms with E-state index >= 15 is 0 Å². The predicted octanol–water partition coefficient (Wildman–Crippen LogP) is 3.32. The Morgan fingerprint density at radius 1 is 1.05 bits per heavy atom. The Bertz CT molecular complexity index is 580. The van der Waals surface area contributed by atoms with Gasteiger partial charge in [0.15, 0.2) is 12.2 Å². The Morgan fingerprint density at radius 3 is 2.14 bits per heavy atom. The van der Waals surface area contributed by atoms with E-state index in [0.717, 1.165) is 0 Å². The fourth-order valence-corrected chi connectivity index (χ4v) is 2.25. The van der Waals surface area contributed by atoms with Crippen LogP contribution in [0, 0.1) is 40.1 Å². The van der Waals surface area contributed by atoms with Crippen LogP contribution in [-0.2, 0) is 9.47 Å². The fourth-order valence-electron chi connectivity index (χ4n) is 2.25. The van der Waals surface area contributed by atoms with Gasteiger partial charge in [-0.1, -0.05) is 12.1 Å².